The molecule has 4 rings (SSSR count). The second-order valence-corrected chi connectivity index (χ2v) is 9.54. The molecule has 0 aliphatic rings. The van der Waals surface area contributed by atoms with E-state index in [-0.39, 0.29) is 29.1 Å². The van der Waals surface area contributed by atoms with E-state index in [0.29, 0.717) is 33.4 Å². The van der Waals surface area contributed by atoms with Crippen molar-refractivity contribution in [2.75, 3.05) is 21.1 Å². The Morgan fingerprint density at radius 2 is 1.12 bits per heavy atom. The predicted molar refractivity (Wildman–Crippen MR) is 160 cm³/mol. The lowest BCUT2D eigenvalue weighted by Crippen LogP contribution is -2.22. The molecule has 7 heteroatoms. The summed E-state index contributed by atoms with van der Waals surface area (Å²) >= 11 is 0. The van der Waals surface area contributed by atoms with Crippen LogP contribution in [0, 0.1) is 0 Å². The van der Waals surface area contributed by atoms with E-state index in [2.05, 4.69) is 5.32 Å². The maximum Gasteiger partial charge on any atom is 0.336 e. The largest absolute Gasteiger partial charge is 0.478 e. The van der Waals surface area contributed by atoms with Crippen LogP contribution < -0.4 is 5.32 Å². The first-order chi connectivity index (χ1) is 19.7. The van der Waals surface area contributed by atoms with Crippen LogP contribution in [0.4, 0.5) is 0 Å². The molecule has 0 spiro atoms. The Labute approximate surface area is 240 Å². The highest BCUT2D eigenvalue weighted by atomic mass is 16.4. The first-order valence-electron chi connectivity index (χ1n) is 13.2. The summed E-state index contributed by atoms with van der Waals surface area (Å²) in [5, 5.41) is 12.0. The van der Waals surface area contributed by atoms with E-state index in [4.69, 9.17) is 0 Å². The van der Waals surface area contributed by atoms with Gasteiger partial charge in [0.25, 0.3) is 5.91 Å². The molecule has 4 aromatic carbocycles. The Morgan fingerprint density at radius 1 is 0.683 bits per heavy atom. The summed E-state index contributed by atoms with van der Waals surface area (Å²) in [4.78, 5) is 49.5. The van der Waals surface area contributed by atoms with E-state index in [1.165, 1.54) is 6.07 Å². The summed E-state index contributed by atoms with van der Waals surface area (Å²) in [5.74, 6) is -1.27. The molecule has 2 N–H and O–H groups in total. The molecule has 0 aromatic heterocycles. The number of ketones is 2. The van der Waals surface area contributed by atoms with Gasteiger partial charge in [-0.3, -0.25) is 14.4 Å². The summed E-state index contributed by atoms with van der Waals surface area (Å²) < 4.78 is 0. The summed E-state index contributed by atoms with van der Waals surface area (Å²) in [6, 6.07) is 29.5. The van der Waals surface area contributed by atoms with E-state index in [0.717, 1.165) is 6.42 Å². The van der Waals surface area contributed by atoms with Crippen LogP contribution in [0.3, 0.4) is 0 Å². The number of aromatic carboxylic acids is 1. The molecule has 210 valence electrons. The molecule has 0 bridgehead atoms. The molecule has 0 heterocycles. The Bertz CT molecular complexity index is 1500. The van der Waals surface area contributed by atoms with Gasteiger partial charge in [0.1, 0.15) is 0 Å². The zero-order chi connectivity index (χ0) is 29.9. The van der Waals surface area contributed by atoms with Crippen LogP contribution in [-0.2, 0) is 0 Å². The van der Waals surface area contributed by atoms with Crippen LogP contribution in [0.2, 0.25) is 0 Å². The third-order valence-electron chi connectivity index (χ3n) is 6.62. The quantitative estimate of drug-likeness (QED) is 0.251. The molecule has 0 fully saturated rings. The first kappa shape index (κ1) is 30.7. The Kier molecular flexibility index (Phi) is 10.8. The fourth-order valence-corrected chi connectivity index (χ4v) is 4.47. The number of benzene rings is 4. The van der Waals surface area contributed by atoms with Gasteiger partial charge >= 0.3 is 5.97 Å². The zero-order valence-electron chi connectivity index (χ0n) is 23.6. The molecule has 1 atom stereocenters. The number of carboxylic acids is 1. The van der Waals surface area contributed by atoms with Gasteiger partial charge in [0.2, 0.25) is 0 Å². The second kappa shape index (κ2) is 14.5. The van der Waals surface area contributed by atoms with Crippen molar-refractivity contribution in [1.82, 2.24) is 10.2 Å². The van der Waals surface area contributed by atoms with Gasteiger partial charge in [-0.05, 0) is 50.3 Å². The van der Waals surface area contributed by atoms with Crippen molar-refractivity contribution in [3.05, 3.63) is 142 Å². The number of carboxylic acid groups (broad SMARTS) is 1. The van der Waals surface area contributed by atoms with Gasteiger partial charge in [-0.25, -0.2) is 4.79 Å². The van der Waals surface area contributed by atoms with Gasteiger partial charge in [-0.2, -0.15) is 0 Å². The van der Waals surface area contributed by atoms with Crippen molar-refractivity contribution in [1.29, 1.82) is 0 Å². The van der Waals surface area contributed by atoms with E-state index in [1.54, 1.807) is 67.7 Å². The molecular formula is C34H34N2O5. The lowest BCUT2D eigenvalue weighted by atomic mass is 9.92. The van der Waals surface area contributed by atoms with Crippen LogP contribution in [0.1, 0.15) is 77.5 Å². The zero-order valence-corrected chi connectivity index (χ0v) is 23.6. The minimum atomic E-state index is -0.973. The van der Waals surface area contributed by atoms with E-state index in [9.17, 15) is 24.3 Å². The van der Waals surface area contributed by atoms with Gasteiger partial charge in [-0.1, -0.05) is 85.8 Å². The molecule has 41 heavy (non-hydrogen) atoms. The number of nitrogens with one attached hydrogen (secondary N) is 1. The molecule has 7 nitrogen and oxygen atoms in total. The third kappa shape index (κ3) is 7.84. The first-order valence-corrected chi connectivity index (χ1v) is 13.2. The fourth-order valence-electron chi connectivity index (χ4n) is 4.47. The molecule has 1 unspecified atom stereocenters. The minimum absolute atomic E-state index is 0.0425. The molecule has 0 aliphatic heterocycles. The monoisotopic (exact) mass is 550 g/mol. The molecule has 1 amide bonds. The van der Waals surface area contributed by atoms with Gasteiger partial charge in [0.15, 0.2) is 11.6 Å². The molecular weight excluding hydrogens is 516 g/mol. The Hall–Kier alpha value is -4.88. The van der Waals surface area contributed by atoms with Crippen LogP contribution in [0.15, 0.2) is 103 Å². The normalized spacial score (nSPS) is 11.1. The minimum Gasteiger partial charge on any atom is -0.478 e. The topological polar surface area (TPSA) is 104 Å². The summed E-state index contributed by atoms with van der Waals surface area (Å²) in [5.41, 5.74) is 3.79. The van der Waals surface area contributed by atoms with Crippen LogP contribution in [0.25, 0.3) is 0 Å². The number of carbonyl (C=O) groups excluding carboxylic acids is 3. The molecule has 4 aromatic rings. The van der Waals surface area contributed by atoms with Gasteiger partial charge < -0.3 is 15.3 Å². The SMILES string of the molecule is CCC(c1cc(C(=O)c2ccccc2)ccc1C(=O)O)N(C)C.CNC(=O)c1ccc(C(=O)c2ccccc2)cc1. The fraction of sp³-hybridized carbons (Fsp3) is 0.176. The average Bonchev–Trinajstić information content (AvgIpc) is 3.01. The Balaban J connectivity index is 0.000000232. The number of carbonyl (C=O) groups is 4. The average molecular weight is 551 g/mol. The second-order valence-electron chi connectivity index (χ2n) is 9.54. The third-order valence-corrected chi connectivity index (χ3v) is 6.62. The standard InChI is InChI=1S/C19H21NO3.C15H13NO2/c1-4-17(20(2)3)16-12-14(10-11-15(16)19(22)23)18(21)13-8-6-5-7-9-13;1-16-15(18)13-9-7-12(8-10-13)14(17)11-5-3-2-4-6-11/h5-12,17H,4H2,1-3H3,(H,22,23);2-10H,1H3,(H,16,18). The molecule has 0 aliphatic carbocycles. The molecule has 0 radical (unpaired) electrons. The number of hydrogen-bond donors (Lipinski definition) is 2. The maximum atomic E-state index is 12.6. The lowest BCUT2D eigenvalue weighted by molar-refractivity contribution is 0.0692. The van der Waals surface area contributed by atoms with E-state index < -0.39 is 5.97 Å². The summed E-state index contributed by atoms with van der Waals surface area (Å²) in [6.45, 7) is 2.00. The van der Waals surface area contributed by atoms with Crippen LogP contribution >= 0.6 is 0 Å². The van der Waals surface area contributed by atoms with E-state index in [1.807, 2.05) is 62.3 Å². The van der Waals surface area contributed by atoms with Gasteiger partial charge in [0.05, 0.1) is 5.56 Å². The van der Waals surface area contributed by atoms with Gasteiger partial charge in [-0.15, -0.1) is 0 Å². The highest BCUT2D eigenvalue weighted by Gasteiger charge is 2.22. The predicted octanol–water partition coefficient (Wildman–Crippen LogP) is 5.91. The highest BCUT2D eigenvalue weighted by molar-refractivity contribution is 6.10. The van der Waals surface area contributed by atoms with Crippen molar-refractivity contribution in [2.45, 2.75) is 19.4 Å². The van der Waals surface area contributed by atoms with E-state index >= 15 is 0 Å². The number of amides is 1. The van der Waals surface area contributed by atoms with Crippen molar-refractivity contribution < 1.29 is 24.3 Å². The number of nitrogens with zero attached hydrogens (tertiary/aromatic N) is 1. The maximum absolute atomic E-state index is 12.6. The lowest BCUT2D eigenvalue weighted by Gasteiger charge is -2.25. The Morgan fingerprint density at radius 3 is 1.56 bits per heavy atom. The molecule has 0 saturated carbocycles. The summed E-state index contributed by atoms with van der Waals surface area (Å²) in [6.07, 6.45) is 0.760. The molecule has 0 saturated heterocycles. The van der Waals surface area contributed by atoms with Crippen molar-refractivity contribution >= 4 is 23.4 Å². The van der Waals surface area contributed by atoms with Crippen LogP contribution in [0.5, 0.6) is 0 Å². The summed E-state index contributed by atoms with van der Waals surface area (Å²) in [7, 11) is 5.39. The smallest absolute Gasteiger partial charge is 0.336 e. The van der Waals surface area contributed by atoms with Gasteiger partial charge in [0, 0.05) is 40.9 Å². The highest BCUT2D eigenvalue weighted by Crippen LogP contribution is 2.27. The van der Waals surface area contributed by atoms with Crippen molar-refractivity contribution in [3.8, 4) is 0 Å². The van der Waals surface area contributed by atoms with Crippen molar-refractivity contribution in [2.24, 2.45) is 0 Å². The van der Waals surface area contributed by atoms with Crippen LogP contribution in [-0.4, -0.2) is 54.6 Å². The van der Waals surface area contributed by atoms with Crippen molar-refractivity contribution in [3.63, 3.8) is 0 Å². The number of rotatable bonds is 9. The number of hydrogen-bond acceptors (Lipinski definition) is 5.